The first-order valence-corrected chi connectivity index (χ1v) is 7.65. The predicted octanol–water partition coefficient (Wildman–Crippen LogP) is 4.30. The number of hydrogen-bond acceptors (Lipinski definition) is 3. The zero-order valence-corrected chi connectivity index (χ0v) is 12.9. The van der Waals surface area contributed by atoms with E-state index < -0.39 is 0 Å². The fourth-order valence-electron chi connectivity index (χ4n) is 2.59. The highest BCUT2D eigenvalue weighted by atomic mass is 16.3. The highest BCUT2D eigenvalue weighted by Gasteiger charge is 2.01. The molecule has 2 aromatic carbocycles. The molecule has 116 valence electrons. The zero-order chi connectivity index (χ0) is 16.4. The zero-order valence-electron chi connectivity index (χ0n) is 12.9. The third-order valence-corrected chi connectivity index (χ3v) is 3.86. The number of phenolic OH excluding ortho intramolecular Hbond substituents is 1. The van der Waals surface area contributed by atoms with Gasteiger partial charge in [-0.1, -0.05) is 36.4 Å². The number of fused-ring (bicyclic) bond motifs is 1. The summed E-state index contributed by atoms with van der Waals surface area (Å²) < 4.78 is 1.96. The number of para-hydroxylation sites is 1. The molecule has 2 heterocycles. The Morgan fingerprint density at radius 2 is 1.79 bits per heavy atom. The Balaban J connectivity index is 1.59. The van der Waals surface area contributed by atoms with E-state index in [-0.39, 0.29) is 5.75 Å². The van der Waals surface area contributed by atoms with Crippen molar-refractivity contribution in [1.82, 2.24) is 14.5 Å². The molecule has 1 N–H and O–H groups in total. The first-order chi connectivity index (χ1) is 11.8. The van der Waals surface area contributed by atoms with E-state index >= 15 is 0 Å². The van der Waals surface area contributed by atoms with Crippen LogP contribution in [0.1, 0.15) is 11.3 Å². The van der Waals surface area contributed by atoms with Gasteiger partial charge in [0, 0.05) is 23.5 Å². The number of hydrogen-bond donors (Lipinski definition) is 1. The molecule has 4 nitrogen and oxygen atoms in total. The topological polar surface area (TPSA) is 50.9 Å². The number of rotatable bonds is 3. The Morgan fingerprint density at radius 3 is 2.58 bits per heavy atom. The van der Waals surface area contributed by atoms with Crippen LogP contribution in [0.2, 0.25) is 0 Å². The fourth-order valence-corrected chi connectivity index (χ4v) is 2.59. The largest absolute Gasteiger partial charge is 0.506 e. The van der Waals surface area contributed by atoms with Gasteiger partial charge < -0.3 is 9.67 Å². The third kappa shape index (κ3) is 2.77. The lowest BCUT2D eigenvalue weighted by atomic mass is 10.1. The number of aromatic nitrogens is 3. The van der Waals surface area contributed by atoms with Crippen molar-refractivity contribution in [3.8, 4) is 11.4 Å². The molecular weight excluding hydrogens is 298 g/mol. The quantitative estimate of drug-likeness (QED) is 0.613. The Morgan fingerprint density at radius 1 is 0.917 bits per heavy atom. The summed E-state index contributed by atoms with van der Waals surface area (Å²) in [6.45, 7) is 0. The summed E-state index contributed by atoms with van der Waals surface area (Å²) in [5.74, 6) is 0.201. The van der Waals surface area contributed by atoms with Gasteiger partial charge >= 0.3 is 0 Å². The molecule has 0 amide bonds. The van der Waals surface area contributed by atoms with Crippen molar-refractivity contribution in [2.45, 2.75) is 0 Å². The van der Waals surface area contributed by atoms with Crippen LogP contribution in [0.15, 0.2) is 73.3 Å². The number of aromatic hydroxyl groups is 1. The first kappa shape index (κ1) is 14.2. The molecule has 4 rings (SSSR count). The van der Waals surface area contributed by atoms with Gasteiger partial charge in [-0.3, -0.25) is 0 Å². The van der Waals surface area contributed by atoms with Crippen LogP contribution in [0.5, 0.6) is 5.75 Å². The van der Waals surface area contributed by atoms with Crippen LogP contribution in [0.4, 0.5) is 0 Å². The van der Waals surface area contributed by atoms with Gasteiger partial charge in [0.1, 0.15) is 11.3 Å². The molecule has 0 saturated carbocycles. The molecular formula is C20H15N3O. The van der Waals surface area contributed by atoms with E-state index in [2.05, 4.69) is 9.97 Å². The summed E-state index contributed by atoms with van der Waals surface area (Å²) in [7, 11) is 0. The molecule has 0 unspecified atom stereocenters. The molecule has 0 atom stereocenters. The van der Waals surface area contributed by atoms with Crippen molar-refractivity contribution >= 4 is 23.1 Å². The van der Waals surface area contributed by atoms with Crippen molar-refractivity contribution in [1.29, 1.82) is 0 Å². The van der Waals surface area contributed by atoms with Gasteiger partial charge in [0.25, 0.3) is 0 Å². The summed E-state index contributed by atoms with van der Waals surface area (Å²) >= 11 is 0. The van der Waals surface area contributed by atoms with Gasteiger partial charge in [-0.15, -0.1) is 0 Å². The lowest BCUT2D eigenvalue weighted by Gasteiger charge is -2.03. The molecule has 0 spiro atoms. The summed E-state index contributed by atoms with van der Waals surface area (Å²) in [5.41, 5.74) is 3.58. The van der Waals surface area contributed by atoms with Crippen molar-refractivity contribution in [3.05, 3.63) is 84.6 Å². The van der Waals surface area contributed by atoms with Crippen molar-refractivity contribution in [2.75, 3.05) is 0 Å². The van der Waals surface area contributed by atoms with E-state index in [4.69, 9.17) is 0 Å². The minimum atomic E-state index is 0.201. The number of imidazole rings is 1. The van der Waals surface area contributed by atoms with Crippen molar-refractivity contribution in [2.24, 2.45) is 0 Å². The number of pyridine rings is 1. The second kappa shape index (κ2) is 6.01. The first-order valence-electron chi connectivity index (χ1n) is 7.65. The van der Waals surface area contributed by atoms with Gasteiger partial charge in [-0.25, -0.2) is 9.97 Å². The van der Waals surface area contributed by atoms with E-state index in [1.54, 1.807) is 18.6 Å². The molecule has 0 aliphatic heterocycles. The van der Waals surface area contributed by atoms with Crippen LogP contribution in [0.3, 0.4) is 0 Å². The third-order valence-electron chi connectivity index (χ3n) is 3.86. The fraction of sp³-hybridized carbons (Fsp3) is 0. The molecule has 24 heavy (non-hydrogen) atoms. The van der Waals surface area contributed by atoms with Gasteiger partial charge in [-0.2, -0.15) is 0 Å². The molecule has 0 aliphatic carbocycles. The van der Waals surface area contributed by atoms with Gasteiger partial charge in [0.2, 0.25) is 0 Å². The standard InChI is InChI=1S/C20H15N3O/c24-19-3-1-2-16-7-9-17(22-20(16)19)8-4-15-5-10-18(11-6-15)23-13-12-21-14-23/h1-14,24H/b8-4+. The number of nitrogens with zero attached hydrogens (tertiary/aromatic N) is 3. The van der Waals surface area contributed by atoms with Crippen LogP contribution in [0.25, 0.3) is 28.7 Å². The van der Waals surface area contributed by atoms with Crippen LogP contribution in [-0.4, -0.2) is 19.6 Å². The summed E-state index contributed by atoms with van der Waals surface area (Å²) in [6, 6.07) is 17.5. The van der Waals surface area contributed by atoms with Crippen LogP contribution in [-0.2, 0) is 0 Å². The monoisotopic (exact) mass is 313 g/mol. The molecule has 2 aromatic heterocycles. The number of phenols is 1. The second-order valence-corrected chi connectivity index (χ2v) is 5.48. The van der Waals surface area contributed by atoms with Crippen LogP contribution in [0, 0.1) is 0 Å². The lowest BCUT2D eigenvalue weighted by Crippen LogP contribution is -1.89. The average molecular weight is 313 g/mol. The molecule has 4 aromatic rings. The van der Waals surface area contributed by atoms with E-state index in [0.29, 0.717) is 5.52 Å². The smallest absolute Gasteiger partial charge is 0.141 e. The molecule has 4 heteroatoms. The summed E-state index contributed by atoms with van der Waals surface area (Å²) in [6.07, 6.45) is 9.39. The van der Waals surface area contributed by atoms with Gasteiger partial charge in [0.05, 0.1) is 12.0 Å². The maximum atomic E-state index is 9.91. The number of benzene rings is 2. The van der Waals surface area contributed by atoms with Gasteiger partial charge in [-0.05, 0) is 35.9 Å². The van der Waals surface area contributed by atoms with Crippen LogP contribution < -0.4 is 0 Å². The summed E-state index contributed by atoms with van der Waals surface area (Å²) in [5, 5.41) is 10.8. The highest BCUT2D eigenvalue weighted by molar-refractivity contribution is 5.85. The van der Waals surface area contributed by atoms with Crippen molar-refractivity contribution in [3.63, 3.8) is 0 Å². The molecule has 0 bridgehead atoms. The normalized spacial score (nSPS) is 11.3. The van der Waals surface area contributed by atoms with Gasteiger partial charge in [0.15, 0.2) is 0 Å². The molecule has 0 aliphatic rings. The van der Waals surface area contributed by atoms with E-state index in [0.717, 1.165) is 22.3 Å². The minimum Gasteiger partial charge on any atom is -0.506 e. The molecule has 0 saturated heterocycles. The SMILES string of the molecule is Oc1cccc2ccc(/C=C/c3ccc(-n4ccnc4)cc3)nc12. The average Bonchev–Trinajstić information content (AvgIpc) is 3.16. The lowest BCUT2D eigenvalue weighted by molar-refractivity contribution is 0.480. The minimum absolute atomic E-state index is 0.201. The van der Waals surface area contributed by atoms with E-state index in [1.165, 1.54) is 0 Å². The molecule has 0 radical (unpaired) electrons. The van der Waals surface area contributed by atoms with E-state index in [1.807, 2.05) is 71.4 Å². The Bertz CT molecular complexity index is 1000. The van der Waals surface area contributed by atoms with E-state index in [9.17, 15) is 5.11 Å². The maximum absolute atomic E-state index is 9.91. The Labute approximate surface area is 139 Å². The summed E-state index contributed by atoms with van der Waals surface area (Å²) in [4.78, 5) is 8.55. The highest BCUT2D eigenvalue weighted by Crippen LogP contribution is 2.23. The van der Waals surface area contributed by atoms with Crippen LogP contribution >= 0.6 is 0 Å². The Hall–Kier alpha value is -3.40. The second-order valence-electron chi connectivity index (χ2n) is 5.48. The molecule has 0 fully saturated rings. The Kier molecular flexibility index (Phi) is 3.56. The predicted molar refractivity (Wildman–Crippen MR) is 95.9 cm³/mol. The van der Waals surface area contributed by atoms with Crippen molar-refractivity contribution < 1.29 is 5.11 Å². The maximum Gasteiger partial charge on any atom is 0.141 e.